The quantitative estimate of drug-likeness (QED) is 0.841. The Morgan fingerprint density at radius 2 is 1.95 bits per heavy atom. The summed E-state index contributed by atoms with van der Waals surface area (Å²) >= 11 is 3.48. The largest absolute Gasteiger partial charge is 0.481 e. The van der Waals surface area contributed by atoms with Gasteiger partial charge in [-0.1, -0.05) is 52.0 Å². The third kappa shape index (κ3) is 4.63. The average molecular weight is 344 g/mol. The summed E-state index contributed by atoms with van der Waals surface area (Å²) in [5.74, 6) is 6.99. The highest BCUT2D eigenvalue weighted by Crippen LogP contribution is 2.28. The highest BCUT2D eigenvalue weighted by atomic mass is 79.9. The number of hydrogen-bond donors (Lipinski definition) is 1. The van der Waals surface area contributed by atoms with Gasteiger partial charge in [0.2, 0.25) is 0 Å². The summed E-state index contributed by atoms with van der Waals surface area (Å²) in [6.45, 7) is 2.47. The van der Waals surface area contributed by atoms with E-state index in [0.717, 1.165) is 21.3 Å². The Labute approximate surface area is 134 Å². The van der Waals surface area contributed by atoms with Crippen LogP contribution in [0.2, 0.25) is 0 Å². The van der Waals surface area contributed by atoms with E-state index in [1.54, 1.807) is 0 Å². The van der Waals surface area contributed by atoms with Crippen molar-refractivity contribution >= 4 is 15.9 Å². The zero-order valence-corrected chi connectivity index (χ0v) is 13.8. The fourth-order valence-corrected chi connectivity index (χ4v) is 2.26. The Bertz CT molecular complexity index is 643. The van der Waals surface area contributed by atoms with Crippen LogP contribution in [-0.4, -0.2) is 13.7 Å². The van der Waals surface area contributed by atoms with Gasteiger partial charge in [-0.2, -0.15) is 0 Å². The SMILES string of the molecule is CNC(C)c1ccc(Br)cc1OCC#Cc1ccccc1. The van der Waals surface area contributed by atoms with E-state index < -0.39 is 0 Å². The topological polar surface area (TPSA) is 21.3 Å². The first-order valence-electron chi connectivity index (χ1n) is 6.84. The standard InChI is InChI=1S/C18H18BrNO/c1-14(20-2)17-11-10-16(19)13-18(17)21-12-6-9-15-7-4-3-5-8-15/h3-5,7-8,10-11,13-14,20H,12H2,1-2H3. The van der Waals surface area contributed by atoms with Crippen LogP contribution in [0.4, 0.5) is 0 Å². The summed E-state index contributed by atoms with van der Waals surface area (Å²) < 4.78 is 6.82. The number of hydrogen-bond acceptors (Lipinski definition) is 2. The maximum Gasteiger partial charge on any atom is 0.149 e. The molecule has 0 aliphatic carbocycles. The first-order chi connectivity index (χ1) is 10.2. The zero-order chi connectivity index (χ0) is 15.1. The van der Waals surface area contributed by atoms with Gasteiger partial charge in [-0.25, -0.2) is 0 Å². The van der Waals surface area contributed by atoms with Crippen LogP contribution in [0.15, 0.2) is 53.0 Å². The maximum absolute atomic E-state index is 5.82. The monoisotopic (exact) mass is 343 g/mol. The first-order valence-corrected chi connectivity index (χ1v) is 7.63. The van der Waals surface area contributed by atoms with E-state index in [1.807, 2.05) is 49.5 Å². The molecule has 2 nitrogen and oxygen atoms in total. The second-order valence-electron chi connectivity index (χ2n) is 4.65. The molecule has 1 atom stereocenters. The predicted molar refractivity (Wildman–Crippen MR) is 90.4 cm³/mol. The van der Waals surface area contributed by atoms with Crippen molar-refractivity contribution in [2.24, 2.45) is 0 Å². The average Bonchev–Trinajstić information content (AvgIpc) is 2.52. The fourth-order valence-electron chi connectivity index (χ4n) is 1.92. The van der Waals surface area contributed by atoms with Gasteiger partial charge in [0.05, 0.1) is 0 Å². The highest BCUT2D eigenvalue weighted by Gasteiger charge is 2.10. The lowest BCUT2D eigenvalue weighted by molar-refractivity contribution is 0.361. The second kappa shape index (κ2) is 7.87. The van der Waals surface area contributed by atoms with Crippen LogP contribution in [-0.2, 0) is 0 Å². The molecule has 0 saturated heterocycles. The molecule has 2 aromatic carbocycles. The highest BCUT2D eigenvalue weighted by molar-refractivity contribution is 9.10. The minimum Gasteiger partial charge on any atom is -0.481 e. The van der Waals surface area contributed by atoms with Gasteiger partial charge in [-0.3, -0.25) is 0 Å². The summed E-state index contributed by atoms with van der Waals surface area (Å²) in [6, 6.07) is 16.2. The lowest BCUT2D eigenvalue weighted by Crippen LogP contribution is -2.13. The molecule has 1 unspecified atom stereocenters. The Morgan fingerprint density at radius 3 is 2.67 bits per heavy atom. The van der Waals surface area contributed by atoms with Crippen molar-refractivity contribution in [3.63, 3.8) is 0 Å². The van der Waals surface area contributed by atoms with Crippen molar-refractivity contribution in [2.75, 3.05) is 13.7 Å². The van der Waals surface area contributed by atoms with Crippen LogP contribution in [0.25, 0.3) is 0 Å². The molecule has 0 heterocycles. The van der Waals surface area contributed by atoms with E-state index in [-0.39, 0.29) is 6.04 Å². The van der Waals surface area contributed by atoms with E-state index in [0.29, 0.717) is 6.61 Å². The van der Waals surface area contributed by atoms with Crippen molar-refractivity contribution in [3.8, 4) is 17.6 Å². The smallest absolute Gasteiger partial charge is 0.149 e. The molecule has 21 heavy (non-hydrogen) atoms. The molecule has 2 aromatic rings. The van der Waals surface area contributed by atoms with Gasteiger partial charge < -0.3 is 10.1 Å². The summed E-state index contributed by atoms with van der Waals surface area (Å²) in [7, 11) is 1.94. The zero-order valence-electron chi connectivity index (χ0n) is 12.2. The number of benzene rings is 2. The molecule has 2 rings (SSSR count). The Hall–Kier alpha value is -1.76. The molecule has 0 aromatic heterocycles. The van der Waals surface area contributed by atoms with Crippen LogP contribution in [0.5, 0.6) is 5.75 Å². The molecule has 0 radical (unpaired) electrons. The van der Waals surface area contributed by atoms with E-state index in [2.05, 4.69) is 46.1 Å². The lowest BCUT2D eigenvalue weighted by Gasteiger charge is -2.15. The van der Waals surface area contributed by atoms with Crippen molar-refractivity contribution in [1.82, 2.24) is 5.32 Å². The number of nitrogens with one attached hydrogen (secondary N) is 1. The van der Waals surface area contributed by atoms with Gasteiger partial charge in [0, 0.05) is 21.6 Å². The summed E-state index contributed by atoms with van der Waals surface area (Å²) in [4.78, 5) is 0. The van der Waals surface area contributed by atoms with E-state index in [1.165, 1.54) is 0 Å². The number of rotatable bonds is 4. The van der Waals surface area contributed by atoms with Gasteiger partial charge in [-0.15, -0.1) is 0 Å². The van der Waals surface area contributed by atoms with E-state index >= 15 is 0 Å². The number of halogens is 1. The minimum absolute atomic E-state index is 0.232. The summed E-state index contributed by atoms with van der Waals surface area (Å²) in [5, 5.41) is 3.23. The van der Waals surface area contributed by atoms with E-state index in [9.17, 15) is 0 Å². The fraction of sp³-hybridized carbons (Fsp3) is 0.222. The summed E-state index contributed by atoms with van der Waals surface area (Å²) in [6.07, 6.45) is 0. The minimum atomic E-state index is 0.232. The third-order valence-corrected chi connectivity index (χ3v) is 3.67. The summed E-state index contributed by atoms with van der Waals surface area (Å²) in [5.41, 5.74) is 2.13. The van der Waals surface area contributed by atoms with Gasteiger partial charge in [0.15, 0.2) is 0 Å². The van der Waals surface area contributed by atoms with Crippen LogP contribution >= 0.6 is 15.9 Å². The first kappa shape index (κ1) is 15.6. The molecule has 0 fully saturated rings. The molecule has 0 saturated carbocycles. The van der Waals surface area contributed by atoms with Crippen molar-refractivity contribution < 1.29 is 4.74 Å². The molecule has 0 amide bonds. The van der Waals surface area contributed by atoms with Crippen LogP contribution in [0, 0.1) is 11.8 Å². The molecular weight excluding hydrogens is 326 g/mol. The molecule has 3 heteroatoms. The molecule has 0 spiro atoms. The Morgan fingerprint density at radius 1 is 1.19 bits per heavy atom. The molecule has 1 N–H and O–H groups in total. The molecule has 0 aliphatic rings. The second-order valence-corrected chi connectivity index (χ2v) is 5.56. The molecule has 108 valence electrons. The van der Waals surface area contributed by atoms with Crippen LogP contribution in [0.1, 0.15) is 24.1 Å². The van der Waals surface area contributed by atoms with Gasteiger partial charge in [0.1, 0.15) is 12.4 Å². The van der Waals surface area contributed by atoms with Crippen LogP contribution < -0.4 is 10.1 Å². The van der Waals surface area contributed by atoms with Gasteiger partial charge in [0.25, 0.3) is 0 Å². The molecular formula is C18H18BrNO. The molecule has 0 aliphatic heterocycles. The predicted octanol–water partition coefficient (Wildman–Crippen LogP) is 4.16. The van der Waals surface area contributed by atoms with E-state index in [4.69, 9.17) is 4.74 Å². The van der Waals surface area contributed by atoms with Gasteiger partial charge >= 0.3 is 0 Å². The van der Waals surface area contributed by atoms with Gasteiger partial charge in [-0.05, 0) is 38.2 Å². The third-order valence-electron chi connectivity index (χ3n) is 3.18. The normalized spacial score (nSPS) is 11.4. The van der Waals surface area contributed by atoms with Crippen molar-refractivity contribution in [1.29, 1.82) is 0 Å². The Kier molecular flexibility index (Phi) is 5.86. The number of ether oxygens (including phenoxy) is 1. The molecule has 0 bridgehead atoms. The van der Waals surface area contributed by atoms with Crippen molar-refractivity contribution in [3.05, 3.63) is 64.1 Å². The van der Waals surface area contributed by atoms with Crippen molar-refractivity contribution in [2.45, 2.75) is 13.0 Å². The Balaban J connectivity index is 2.06. The lowest BCUT2D eigenvalue weighted by atomic mass is 10.1. The maximum atomic E-state index is 5.82. The van der Waals surface area contributed by atoms with Crippen LogP contribution in [0.3, 0.4) is 0 Å².